The number of nitrogens with one attached hydrogen (secondary N) is 1. The lowest BCUT2D eigenvalue weighted by Gasteiger charge is -2.33. The van der Waals surface area contributed by atoms with Gasteiger partial charge in [0.1, 0.15) is 18.3 Å². The Balaban J connectivity index is 2.07. The molecule has 0 saturated carbocycles. The molecule has 0 fully saturated rings. The number of carbonyl (C=O) groups excluding carboxylic acids is 2. The van der Waals surface area contributed by atoms with Crippen molar-refractivity contribution < 1.29 is 22.7 Å². The Morgan fingerprint density at radius 1 is 0.951 bits per heavy atom. The van der Waals surface area contributed by atoms with E-state index >= 15 is 0 Å². The molecule has 9 heteroatoms. The highest BCUT2D eigenvalue weighted by Crippen LogP contribution is 2.28. The van der Waals surface area contributed by atoms with E-state index in [1.165, 1.54) is 4.90 Å². The van der Waals surface area contributed by atoms with Gasteiger partial charge in [0.2, 0.25) is 11.8 Å². The van der Waals surface area contributed by atoms with Crippen molar-refractivity contribution in [2.45, 2.75) is 58.5 Å². The number of hydrogen-bond donors (Lipinski definition) is 1. The third-order valence-electron chi connectivity index (χ3n) is 6.83. The molecule has 0 aliphatic carbocycles. The van der Waals surface area contributed by atoms with E-state index in [9.17, 15) is 18.0 Å². The molecule has 3 aromatic rings. The molecule has 41 heavy (non-hydrogen) atoms. The van der Waals surface area contributed by atoms with Gasteiger partial charge in [-0.2, -0.15) is 0 Å². The Hall–Kier alpha value is -3.85. The molecule has 0 radical (unpaired) electrons. The van der Waals surface area contributed by atoms with Gasteiger partial charge in [0.25, 0.3) is 10.0 Å². The van der Waals surface area contributed by atoms with Gasteiger partial charge in [-0.25, -0.2) is 8.42 Å². The van der Waals surface area contributed by atoms with Gasteiger partial charge in [-0.3, -0.25) is 13.9 Å². The van der Waals surface area contributed by atoms with Crippen LogP contribution in [0.5, 0.6) is 5.75 Å². The normalized spacial score (nSPS) is 12.1. The molecule has 3 rings (SSSR count). The fourth-order valence-electron chi connectivity index (χ4n) is 4.50. The van der Waals surface area contributed by atoms with Crippen LogP contribution in [0.4, 0.5) is 5.69 Å². The van der Waals surface area contributed by atoms with Crippen LogP contribution < -0.4 is 14.4 Å². The molecule has 1 N–H and O–H groups in total. The lowest BCUT2D eigenvalue weighted by Crippen LogP contribution is -2.52. The third kappa shape index (κ3) is 8.10. The molecule has 2 amide bonds. The van der Waals surface area contributed by atoms with E-state index in [1.807, 2.05) is 45.9 Å². The van der Waals surface area contributed by atoms with Gasteiger partial charge >= 0.3 is 0 Å². The second-order valence-corrected chi connectivity index (χ2v) is 12.4. The van der Waals surface area contributed by atoms with Crippen molar-refractivity contribution in [3.05, 3.63) is 89.5 Å². The van der Waals surface area contributed by atoms with Crippen LogP contribution in [0.3, 0.4) is 0 Å². The molecule has 0 spiro atoms. The van der Waals surface area contributed by atoms with Gasteiger partial charge in [-0.05, 0) is 67.6 Å². The molecular weight excluding hydrogens is 538 g/mol. The second-order valence-electron chi connectivity index (χ2n) is 10.5. The summed E-state index contributed by atoms with van der Waals surface area (Å²) in [5.41, 5.74) is 2.79. The molecule has 0 aliphatic rings. The van der Waals surface area contributed by atoms with Gasteiger partial charge in [-0.15, -0.1) is 0 Å². The predicted molar refractivity (Wildman–Crippen MR) is 162 cm³/mol. The fraction of sp³-hybridized carbons (Fsp3) is 0.375. The number of hydrogen-bond acceptors (Lipinski definition) is 5. The number of carbonyl (C=O) groups is 2. The molecule has 3 aromatic carbocycles. The average Bonchev–Trinajstić information content (AvgIpc) is 2.95. The van der Waals surface area contributed by atoms with Crippen molar-refractivity contribution in [2.75, 3.05) is 24.5 Å². The largest absolute Gasteiger partial charge is 0.497 e. The molecule has 0 saturated heterocycles. The quantitative estimate of drug-likeness (QED) is 0.305. The Labute approximate surface area is 244 Å². The number of methoxy groups -OCH3 is 1. The first-order chi connectivity index (χ1) is 19.5. The van der Waals surface area contributed by atoms with Gasteiger partial charge in [0, 0.05) is 13.1 Å². The number of benzene rings is 3. The summed E-state index contributed by atoms with van der Waals surface area (Å²) in [6.07, 6.45) is 0.356. The van der Waals surface area contributed by atoms with Crippen LogP contribution in [-0.4, -0.2) is 51.4 Å². The number of anilines is 1. The standard InChI is InChI=1S/C32H41N3O5S/c1-7-29(32(37)33-20-23(2)3)34(21-26-12-10-13-27(19-26)40-6)31(36)22-35(30-14-9-8-11-25(30)5)41(38,39)28-17-15-24(4)16-18-28/h8-19,23,29H,7,20-22H2,1-6H3,(H,33,37)/t29-/m0/s1. The third-order valence-corrected chi connectivity index (χ3v) is 8.60. The maximum absolute atomic E-state index is 14.2. The summed E-state index contributed by atoms with van der Waals surface area (Å²) >= 11 is 0. The van der Waals surface area contributed by atoms with E-state index in [2.05, 4.69) is 5.32 Å². The van der Waals surface area contributed by atoms with E-state index in [4.69, 9.17) is 4.74 Å². The topological polar surface area (TPSA) is 96.0 Å². The van der Waals surface area contributed by atoms with Gasteiger partial charge in [-0.1, -0.05) is 68.8 Å². The molecular formula is C32H41N3O5S. The number of nitrogens with zero attached hydrogens (tertiary/aromatic N) is 2. The molecule has 0 aliphatic heterocycles. The van der Waals surface area contributed by atoms with Crippen molar-refractivity contribution in [3.8, 4) is 5.75 Å². The van der Waals surface area contributed by atoms with Crippen molar-refractivity contribution in [2.24, 2.45) is 5.92 Å². The van der Waals surface area contributed by atoms with Gasteiger partial charge in [0.15, 0.2) is 0 Å². The zero-order valence-electron chi connectivity index (χ0n) is 24.8. The second kappa shape index (κ2) is 14.2. The number of aryl methyl sites for hydroxylation is 2. The van der Waals surface area contributed by atoms with Crippen LogP contribution in [0.25, 0.3) is 0 Å². The van der Waals surface area contributed by atoms with Crippen LogP contribution >= 0.6 is 0 Å². The Morgan fingerprint density at radius 3 is 2.24 bits per heavy atom. The number of ether oxygens (including phenoxy) is 1. The van der Waals surface area contributed by atoms with Crippen molar-refractivity contribution in [1.29, 1.82) is 0 Å². The van der Waals surface area contributed by atoms with E-state index in [0.29, 0.717) is 30.0 Å². The van der Waals surface area contributed by atoms with Crippen molar-refractivity contribution in [1.82, 2.24) is 10.2 Å². The monoisotopic (exact) mass is 579 g/mol. The molecule has 0 unspecified atom stereocenters. The number of rotatable bonds is 13. The lowest BCUT2D eigenvalue weighted by molar-refractivity contribution is -0.140. The van der Waals surface area contributed by atoms with Crippen LogP contribution in [0.15, 0.2) is 77.7 Å². The minimum Gasteiger partial charge on any atom is -0.497 e. The highest BCUT2D eigenvalue weighted by atomic mass is 32.2. The molecule has 1 atom stereocenters. The van der Waals surface area contributed by atoms with Gasteiger partial charge < -0.3 is 15.0 Å². The predicted octanol–water partition coefficient (Wildman–Crippen LogP) is 5.09. The average molecular weight is 580 g/mol. The number of para-hydroxylation sites is 1. The Bertz CT molecular complexity index is 1440. The molecule has 8 nitrogen and oxygen atoms in total. The summed E-state index contributed by atoms with van der Waals surface area (Å²) in [5, 5.41) is 2.94. The summed E-state index contributed by atoms with van der Waals surface area (Å²) in [6.45, 7) is 9.62. The lowest BCUT2D eigenvalue weighted by atomic mass is 10.1. The SMILES string of the molecule is CC[C@@H](C(=O)NCC(C)C)N(Cc1cccc(OC)c1)C(=O)CN(c1ccccc1C)S(=O)(=O)c1ccc(C)cc1. The highest BCUT2D eigenvalue weighted by molar-refractivity contribution is 7.92. The first-order valence-corrected chi connectivity index (χ1v) is 15.3. The van der Waals surface area contributed by atoms with Crippen LogP contribution in [0, 0.1) is 19.8 Å². The molecule has 0 heterocycles. The Kier molecular flexibility index (Phi) is 10.9. The van der Waals surface area contributed by atoms with Crippen LogP contribution in [0.2, 0.25) is 0 Å². The van der Waals surface area contributed by atoms with Crippen molar-refractivity contribution >= 4 is 27.5 Å². The van der Waals surface area contributed by atoms with E-state index < -0.39 is 28.5 Å². The summed E-state index contributed by atoms with van der Waals surface area (Å²) in [5.74, 6) is 0.0884. The van der Waals surface area contributed by atoms with Crippen molar-refractivity contribution in [3.63, 3.8) is 0 Å². The number of amides is 2. The summed E-state index contributed by atoms with van der Waals surface area (Å²) < 4.78 is 34.5. The minimum atomic E-state index is -4.11. The van der Waals surface area contributed by atoms with Gasteiger partial charge in [0.05, 0.1) is 17.7 Å². The zero-order chi connectivity index (χ0) is 30.2. The number of sulfonamides is 1. The highest BCUT2D eigenvalue weighted by Gasteiger charge is 2.34. The summed E-state index contributed by atoms with van der Waals surface area (Å²) in [7, 11) is -2.55. The smallest absolute Gasteiger partial charge is 0.264 e. The van der Waals surface area contributed by atoms with E-state index in [0.717, 1.165) is 15.4 Å². The maximum Gasteiger partial charge on any atom is 0.264 e. The van der Waals surface area contributed by atoms with E-state index in [-0.39, 0.29) is 23.3 Å². The molecule has 0 aromatic heterocycles. The van der Waals surface area contributed by atoms with E-state index in [1.54, 1.807) is 68.6 Å². The molecule has 0 bridgehead atoms. The first kappa shape index (κ1) is 31.7. The summed E-state index contributed by atoms with van der Waals surface area (Å²) in [6, 6.07) is 20.1. The van der Waals surface area contributed by atoms with Crippen LogP contribution in [-0.2, 0) is 26.2 Å². The first-order valence-electron chi connectivity index (χ1n) is 13.8. The Morgan fingerprint density at radius 2 is 1.63 bits per heavy atom. The molecule has 220 valence electrons. The maximum atomic E-state index is 14.2. The summed E-state index contributed by atoms with van der Waals surface area (Å²) in [4.78, 5) is 29.1. The zero-order valence-corrected chi connectivity index (χ0v) is 25.6. The fourth-order valence-corrected chi connectivity index (χ4v) is 5.98. The van der Waals surface area contributed by atoms with Crippen LogP contribution in [0.1, 0.15) is 43.9 Å². The minimum absolute atomic E-state index is 0.0835.